The first kappa shape index (κ1) is 24.3. The van der Waals surface area contributed by atoms with Gasteiger partial charge in [0.25, 0.3) is 0 Å². The van der Waals surface area contributed by atoms with Gasteiger partial charge in [-0.3, -0.25) is 0 Å². The van der Waals surface area contributed by atoms with Crippen LogP contribution in [0, 0.1) is 0 Å². The highest BCUT2D eigenvalue weighted by Crippen LogP contribution is 2.38. The van der Waals surface area contributed by atoms with Gasteiger partial charge in [-0.25, -0.2) is 9.79 Å². The molecule has 0 unspecified atom stereocenters. The molecule has 0 saturated carbocycles. The molecule has 4 aromatic rings. The largest absolute Gasteiger partial charge is 0.490 e. The zero-order valence-electron chi connectivity index (χ0n) is 19.3. The molecule has 1 aliphatic rings. The molecule has 0 atom stereocenters. The van der Waals surface area contributed by atoms with Gasteiger partial charge in [0.1, 0.15) is 6.61 Å². The Morgan fingerprint density at radius 1 is 0.889 bits per heavy atom. The first-order valence-electron chi connectivity index (χ1n) is 11.4. The van der Waals surface area contributed by atoms with E-state index in [2.05, 4.69) is 36.9 Å². The van der Waals surface area contributed by atoms with Crippen molar-refractivity contribution in [2.24, 2.45) is 4.99 Å². The molecule has 4 aromatic carbocycles. The average Bonchev–Trinajstić information content (AvgIpc) is 3.24. The third-order valence-electron chi connectivity index (χ3n) is 5.58. The number of benzene rings is 4. The Bertz CT molecular complexity index is 1530. The second-order valence-corrected chi connectivity index (χ2v) is 9.75. The van der Waals surface area contributed by atoms with Crippen molar-refractivity contribution < 1.29 is 19.0 Å². The number of esters is 1. The Morgan fingerprint density at radius 3 is 2.47 bits per heavy atom. The topological polar surface area (TPSA) is 57.1 Å². The second kappa shape index (κ2) is 10.7. The Labute approximate surface area is 225 Å². The summed E-state index contributed by atoms with van der Waals surface area (Å²) in [5.74, 6) is 0.941. The lowest BCUT2D eigenvalue weighted by Crippen LogP contribution is -2.05. The van der Waals surface area contributed by atoms with E-state index in [1.165, 1.54) is 0 Å². The molecule has 36 heavy (non-hydrogen) atoms. The van der Waals surface area contributed by atoms with Gasteiger partial charge >= 0.3 is 5.97 Å². The average molecular weight is 607 g/mol. The Balaban J connectivity index is 1.43. The van der Waals surface area contributed by atoms with Crippen LogP contribution in [0.25, 0.3) is 16.8 Å². The van der Waals surface area contributed by atoms with Crippen LogP contribution >= 0.6 is 31.9 Å². The van der Waals surface area contributed by atoms with Crippen molar-refractivity contribution in [2.45, 2.75) is 13.5 Å². The molecule has 0 bridgehead atoms. The summed E-state index contributed by atoms with van der Waals surface area (Å²) >= 11 is 7.15. The molecule has 5 rings (SSSR count). The molecule has 5 nitrogen and oxygen atoms in total. The van der Waals surface area contributed by atoms with E-state index in [1.54, 1.807) is 6.08 Å². The van der Waals surface area contributed by atoms with Crippen molar-refractivity contribution in [3.8, 4) is 11.5 Å². The van der Waals surface area contributed by atoms with E-state index in [4.69, 9.17) is 14.2 Å². The predicted octanol–water partition coefficient (Wildman–Crippen LogP) is 7.69. The number of rotatable bonds is 7. The molecule has 0 saturated heterocycles. The first-order chi connectivity index (χ1) is 17.5. The molecule has 0 radical (unpaired) electrons. The van der Waals surface area contributed by atoms with Crippen LogP contribution in [-0.2, 0) is 16.1 Å². The zero-order chi connectivity index (χ0) is 25.1. The van der Waals surface area contributed by atoms with Crippen molar-refractivity contribution in [1.82, 2.24) is 0 Å². The van der Waals surface area contributed by atoms with Crippen LogP contribution in [0.5, 0.6) is 11.5 Å². The summed E-state index contributed by atoms with van der Waals surface area (Å²) in [5, 5.41) is 2.16. The van der Waals surface area contributed by atoms with Crippen molar-refractivity contribution in [1.29, 1.82) is 0 Å². The summed E-state index contributed by atoms with van der Waals surface area (Å²) in [6.07, 6.45) is 1.68. The van der Waals surface area contributed by atoms with Gasteiger partial charge in [-0.05, 0) is 75.6 Å². The van der Waals surface area contributed by atoms with E-state index in [-0.39, 0.29) is 11.6 Å². The monoisotopic (exact) mass is 605 g/mol. The number of cyclic esters (lactones) is 1. The van der Waals surface area contributed by atoms with E-state index in [0.29, 0.717) is 29.2 Å². The minimum atomic E-state index is -0.499. The number of hydrogen-bond donors (Lipinski definition) is 0. The smallest absolute Gasteiger partial charge is 0.363 e. The fourth-order valence-corrected chi connectivity index (χ4v) is 4.83. The molecule has 0 aliphatic carbocycles. The van der Waals surface area contributed by atoms with E-state index >= 15 is 0 Å². The lowest BCUT2D eigenvalue weighted by molar-refractivity contribution is -0.129. The Kier molecular flexibility index (Phi) is 7.20. The SMILES string of the molecule is CCOc1cc(/C=C2\N=C(c3ccc4ccccc4c3)OC2=O)cc(Br)c1OCc1ccccc1Br. The van der Waals surface area contributed by atoms with Crippen LogP contribution in [0.3, 0.4) is 0 Å². The highest BCUT2D eigenvalue weighted by Gasteiger charge is 2.25. The third kappa shape index (κ3) is 5.22. The number of ether oxygens (including phenoxy) is 3. The second-order valence-electron chi connectivity index (χ2n) is 8.04. The fraction of sp³-hybridized carbons (Fsp3) is 0.103. The van der Waals surface area contributed by atoms with E-state index < -0.39 is 5.97 Å². The number of nitrogens with zero attached hydrogens (tertiary/aromatic N) is 1. The Morgan fingerprint density at radius 2 is 1.67 bits per heavy atom. The van der Waals surface area contributed by atoms with Crippen molar-refractivity contribution in [3.05, 3.63) is 110 Å². The Hall–Kier alpha value is -3.42. The summed E-state index contributed by atoms with van der Waals surface area (Å²) in [6.45, 7) is 2.74. The first-order valence-corrected chi connectivity index (χ1v) is 12.9. The summed E-state index contributed by atoms with van der Waals surface area (Å²) < 4.78 is 19.1. The standard InChI is InChI=1S/C29H21Br2NO4/c1-2-34-26-15-18(13-24(31)27(26)35-17-22-9-5-6-10-23(22)30)14-25-29(33)36-28(32-25)21-12-11-19-7-3-4-8-20(19)16-21/h3-16H,2,17H2,1H3/b25-14-. The number of carbonyl (C=O) groups excluding carboxylic acids is 1. The molecule has 1 aliphatic heterocycles. The molecule has 0 spiro atoms. The zero-order valence-corrected chi connectivity index (χ0v) is 22.5. The van der Waals surface area contributed by atoms with Gasteiger partial charge in [0.2, 0.25) is 5.90 Å². The quantitative estimate of drug-likeness (QED) is 0.160. The van der Waals surface area contributed by atoms with E-state index in [0.717, 1.165) is 31.9 Å². The molecule has 7 heteroatoms. The lowest BCUT2D eigenvalue weighted by Gasteiger charge is -2.15. The van der Waals surface area contributed by atoms with Gasteiger partial charge in [0.05, 0.1) is 11.1 Å². The number of aliphatic imine (C=N–C) groups is 1. The number of fused-ring (bicyclic) bond motifs is 1. The van der Waals surface area contributed by atoms with Crippen LogP contribution in [-0.4, -0.2) is 18.5 Å². The van der Waals surface area contributed by atoms with Gasteiger partial charge < -0.3 is 14.2 Å². The minimum Gasteiger partial charge on any atom is -0.490 e. The van der Waals surface area contributed by atoms with E-state index in [1.807, 2.05) is 85.8 Å². The van der Waals surface area contributed by atoms with Crippen molar-refractivity contribution in [2.75, 3.05) is 6.61 Å². The van der Waals surface area contributed by atoms with Crippen LogP contribution in [0.1, 0.15) is 23.6 Å². The molecule has 0 N–H and O–H groups in total. The third-order valence-corrected chi connectivity index (χ3v) is 6.94. The lowest BCUT2D eigenvalue weighted by atomic mass is 10.1. The van der Waals surface area contributed by atoms with Crippen LogP contribution < -0.4 is 9.47 Å². The van der Waals surface area contributed by atoms with Gasteiger partial charge in [0, 0.05) is 15.6 Å². The number of halogens is 2. The molecule has 1 heterocycles. The number of hydrogen-bond acceptors (Lipinski definition) is 5. The molecular weight excluding hydrogens is 586 g/mol. The van der Waals surface area contributed by atoms with Gasteiger partial charge in [-0.1, -0.05) is 64.5 Å². The van der Waals surface area contributed by atoms with Gasteiger partial charge in [0.15, 0.2) is 17.2 Å². The van der Waals surface area contributed by atoms with Crippen LogP contribution in [0.4, 0.5) is 0 Å². The normalized spacial score (nSPS) is 14.1. The fourth-order valence-electron chi connectivity index (χ4n) is 3.85. The van der Waals surface area contributed by atoms with Crippen LogP contribution in [0.15, 0.2) is 98.5 Å². The molecule has 0 fully saturated rings. The summed E-state index contributed by atoms with van der Waals surface area (Å²) in [5.41, 5.74) is 2.71. The maximum Gasteiger partial charge on any atom is 0.363 e. The van der Waals surface area contributed by atoms with Crippen LogP contribution in [0.2, 0.25) is 0 Å². The van der Waals surface area contributed by atoms with Gasteiger partial charge in [-0.15, -0.1) is 0 Å². The summed E-state index contributed by atoms with van der Waals surface area (Å²) in [7, 11) is 0. The van der Waals surface area contributed by atoms with E-state index in [9.17, 15) is 4.79 Å². The molecule has 0 aromatic heterocycles. The summed E-state index contributed by atoms with van der Waals surface area (Å²) in [4.78, 5) is 17.1. The highest BCUT2D eigenvalue weighted by atomic mass is 79.9. The molecule has 0 amide bonds. The van der Waals surface area contributed by atoms with Gasteiger partial charge in [-0.2, -0.15) is 0 Å². The number of carbonyl (C=O) groups is 1. The molecule has 180 valence electrons. The predicted molar refractivity (Wildman–Crippen MR) is 148 cm³/mol. The van der Waals surface area contributed by atoms with Crippen molar-refractivity contribution in [3.63, 3.8) is 0 Å². The minimum absolute atomic E-state index is 0.217. The van der Waals surface area contributed by atoms with Crippen molar-refractivity contribution >= 4 is 60.6 Å². The summed E-state index contributed by atoms with van der Waals surface area (Å²) in [6, 6.07) is 25.4. The maximum atomic E-state index is 12.6. The maximum absolute atomic E-state index is 12.6. The highest BCUT2D eigenvalue weighted by molar-refractivity contribution is 9.10. The molecular formula is C29H21Br2NO4.